The van der Waals surface area contributed by atoms with Gasteiger partial charge in [-0.1, -0.05) is 0 Å². The van der Waals surface area contributed by atoms with Crippen molar-refractivity contribution in [1.82, 2.24) is 0 Å². The van der Waals surface area contributed by atoms with Gasteiger partial charge in [0.25, 0.3) is 12.1 Å². The molecule has 1 heterocycles. The van der Waals surface area contributed by atoms with Crippen LogP contribution in [0.15, 0.2) is 12.1 Å². The Morgan fingerprint density at radius 1 is 1.41 bits per heavy atom. The lowest BCUT2D eigenvalue weighted by atomic mass is 10.0. The van der Waals surface area contributed by atoms with Gasteiger partial charge in [0.2, 0.25) is 0 Å². The van der Waals surface area contributed by atoms with Gasteiger partial charge in [0.1, 0.15) is 5.56 Å². The zero-order chi connectivity index (χ0) is 16.3. The van der Waals surface area contributed by atoms with E-state index >= 15 is 0 Å². The number of rotatable bonds is 4. The van der Waals surface area contributed by atoms with Crippen molar-refractivity contribution in [3.63, 3.8) is 0 Å². The van der Waals surface area contributed by atoms with E-state index in [9.17, 15) is 23.7 Å². The number of esters is 1. The lowest BCUT2D eigenvalue weighted by molar-refractivity contribution is -0.385. The van der Waals surface area contributed by atoms with E-state index in [-0.39, 0.29) is 11.3 Å². The molecule has 0 bridgehead atoms. The molecule has 7 nitrogen and oxygen atoms in total. The Morgan fingerprint density at radius 2 is 2.05 bits per heavy atom. The van der Waals surface area contributed by atoms with Crippen LogP contribution in [-0.4, -0.2) is 44.3 Å². The van der Waals surface area contributed by atoms with Gasteiger partial charge in [0, 0.05) is 30.4 Å². The summed E-state index contributed by atoms with van der Waals surface area (Å²) >= 11 is 0. The zero-order valence-corrected chi connectivity index (χ0v) is 11.8. The minimum Gasteiger partial charge on any atom is -0.465 e. The summed E-state index contributed by atoms with van der Waals surface area (Å²) in [4.78, 5) is 23.5. The Morgan fingerprint density at radius 3 is 2.55 bits per heavy atom. The van der Waals surface area contributed by atoms with Crippen LogP contribution in [-0.2, 0) is 9.47 Å². The number of hydrogen-bond donors (Lipinski definition) is 0. The van der Waals surface area contributed by atoms with Crippen LogP contribution in [0.5, 0.6) is 0 Å². The van der Waals surface area contributed by atoms with E-state index in [1.807, 2.05) is 0 Å². The Kier molecular flexibility index (Phi) is 4.86. The van der Waals surface area contributed by atoms with E-state index in [2.05, 4.69) is 4.74 Å². The van der Waals surface area contributed by atoms with Crippen molar-refractivity contribution in [2.45, 2.75) is 6.43 Å². The normalized spacial score (nSPS) is 15.0. The minimum atomic E-state index is -2.90. The first kappa shape index (κ1) is 16.1. The first-order chi connectivity index (χ1) is 10.5. The number of morpholine rings is 1. The maximum absolute atomic E-state index is 13.2. The van der Waals surface area contributed by atoms with Crippen molar-refractivity contribution in [2.24, 2.45) is 0 Å². The topological polar surface area (TPSA) is 81.9 Å². The molecule has 0 aliphatic carbocycles. The highest BCUT2D eigenvalue weighted by Gasteiger charge is 2.29. The number of carbonyl (C=O) groups is 1. The van der Waals surface area contributed by atoms with Crippen molar-refractivity contribution >= 4 is 17.3 Å². The molecule has 1 fully saturated rings. The predicted octanol–water partition coefficient (Wildman–Crippen LogP) is 2.16. The number of hydrogen-bond acceptors (Lipinski definition) is 6. The van der Waals surface area contributed by atoms with Crippen LogP contribution >= 0.6 is 0 Å². The van der Waals surface area contributed by atoms with Gasteiger partial charge in [-0.15, -0.1) is 0 Å². The number of ether oxygens (including phenoxy) is 2. The molecule has 1 aromatic rings. The number of anilines is 1. The number of alkyl halides is 2. The largest absolute Gasteiger partial charge is 0.465 e. The summed E-state index contributed by atoms with van der Waals surface area (Å²) in [5.74, 6) is -0.943. The lowest BCUT2D eigenvalue weighted by Crippen LogP contribution is -2.37. The third-order valence-electron chi connectivity index (χ3n) is 3.33. The Labute approximate surface area is 124 Å². The van der Waals surface area contributed by atoms with E-state index < -0.39 is 28.6 Å². The van der Waals surface area contributed by atoms with Crippen LogP contribution in [0.4, 0.5) is 20.2 Å². The van der Waals surface area contributed by atoms with Crippen molar-refractivity contribution in [1.29, 1.82) is 0 Å². The first-order valence-corrected chi connectivity index (χ1v) is 6.47. The summed E-state index contributed by atoms with van der Waals surface area (Å²) < 4.78 is 36.1. The molecule has 120 valence electrons. The van der Waals surface area contributed by atoms with Crippen LogP contribution in [0.1, 0.15) is 22.3 Å². The third-order valence-corrected chi connectivity index (χ3v) is 3.33. The molecular formula is C13H14F2N2O5. The molecular weight excluding hydrogens is 302 g/mol. The molecule has 0 radical (unpaired) electrons. The highest BCUT2D eigenvalue weighted by atomic mass is 19.3. The fourth-order valence-corrected chi connectivity index (χ4v) is 2.27. The van der Waals surface area contributed by atoms with Gasteiger partial charge in [0.15, 0.2) is 0 Å². The zero-order valence-electron chi connectivity index (χ0n) is 11.8. The van der Waals surface area contributed by atoms with Gasteiger partial charge in [0.05, 0.1) is 25.2 Å². The molecule has 0 aromatic heterocycles. The molecule has 0 atom stereocenters. The summed E-state index contributed by atoms with van der Waals surface area (Å²) in [7, 11) is 1.07. The molecule has 9 heteroatoms. The maximum Gasteiger partial charge on any atom is 0.344 e. The molecule has 0 amide bonds. The van der Waals surface area contributed by atoms with E-state index in [4.69, 9.17) is 4.74 Å². The minimum absolute atomic E-state index is 0.0873. The molecule has 0 unspecified atom stereocenters. The quantitative estimate of drug-likeness (QED) is 0.481. The summed E-state index contributed by atoms with van der Waals surface area (Å²) in [5, 5.41) is 11.0. The molecule has 1 aliphatic rings. The molecule has 1 aromatic carbocycles. The average molecular weight is 316 g/mol. The van der Waals surface area contributed by atoms with Gasteiger partial charge in [-0.2, -0.15) is 0 Å². The van der Waals surface area contributed by atoms with E-state index in [0.717, 1.165) is 19.2 Å². The molecule has 0 N–H and O–H groups in total. The lowest BCUT2D eigenvalue weighted by Gasteiger charge is -2.30. The van der Waals surface area contributed by atoms with Crippen molar-refractivity contribution < 1.29 is 28.0 Å². The maximum atomic E-state index is 13.2. The van der Waals surface area contributed by atoms with Crippen LogP contribution in [0.3, 0.4) is 0 Å². The van der Waals surface area contributed by atoms with Gasteiger partial charge in [-0.25, -0.2) is 13.6 Å². The standard InChI is InChI=1S/C13H14F2N2O5/c1-21-13(18)9-7-10(16-2-4-22-5-3-16)8(12(14)15)6-11(9)17(19)20/h6-7,12H,2-5H2,1H3. The van der Waals surface area contributed by atoms with Crippen LogP contribution in [0.25, 0.3) is 0 Å². The molecule has 1 aliphatic heterocycles. The van der Waals surface area contributed by atoms with E-state index in [1.165, 1.54) is 0 Å². The highest BCUT2D eigenvalue weighted by Crippen LogP contribution is 2.36. The monoisotopic (exact) mass is 316 g/mol. The van der Waals surface area contributed by atoms with Crippen LogP contribution in [0.2, 0.25) is 0 Å². The van der Waals surface area contributed by atoms with Gasteiger partial charge in [-0.05, 0) is 6.07 Å². The van der Waals surface area contributed by atoms with Crippen molar-refractivity contribution in [2.75, 3.05) is 38.3 Å². The molecule has 22 heavy (non-hydrogen) atoms. The van der Waals surface area contributed by atoms with Gasteiger partial charge in [-0.3, -0.25) is 10.1 Å². The fraction of sp³-hybridized carbons (Fsp3) is 0.462. The number of nitro benzene ring substituents is 1. The predicted molar refractivity (Wildman–Crippen MR) is 72.4 cm³/mol. The van der Waals surface area contributed by atoms with Crippen LogP contribution in [0, 0.1) is 10.1 Å². The second-order valence-electron chi connectivity index (χ2n) is 4.58. The fourth-order valence-electron chi connectivity index (χ4n) is 2.27. The molecule has 2 rings (SSSR count). The summed E-state index contributed by atoms with van der Waals surface area (Å²) in [6.45, 7) is 1.43. The Bertz CT molecular complexity index is 588. The Hall–Kier alpha value is -2.29. The van der Waals surface area contributed by atoms with Crippen molar-refractivity contribution in [3.05, 3.63) is 33.4 Å². The summed E-state index contributed by atoms with van der Waals surface area (Å²) in [6, 6.07) is 1.83. The third kappa shape index (κ3) is 3.14. The van der Waals surface area contributed by atoms with E-state index in [0.29, 0.717) is 26.3 Å². The smallest absolute Gasteiger partial charge is 0.344 e. The number of nitrogens with zero attached hydrogens (tertiary/aromatic N) is 2. The molecule has 0 spiro atoms. The number of methoxy groups -OCH3 is 1. The highest BCUT2D eigenvalue weighted by molar-refractivity contribution is 5.95. The van der Waals surface area contributed by atoms with E-state index in [1.54, 1.807) is 4.90 Å². The second-order valence-corrected chi connectivity index (χ2v) is 4.58. The average Bonchev–Trinajstić information content (AvgIpc) is 2.53. The van der Waals surface area contributed by atoms with Crippen molar-refractivity contribution in [3.8, 4) is 0 Å². The number of nitro groups is 1. The van der Waals surface area contributed by atoms with Gasteiger partial charge >= 0.3 is 5.97 Å². The first-order valence-electron chi connectivity index (χ1n) is 6.47. The Balaban J connectivity index is 2.59. The number of carbonyl (C=O) groups excluding carboxylic acids is 1. The number of halogens is 2. The molecule has 0 saturated carbocycles. The summed E-state index contributed by atoms with van der Waals surface area (Å²) in [6.07, 6.45) is -2.90. The van der Waals surface area contributed by atoms with Crippen LogP contribution < -0.4 is 4.90 Å². The number of benzene rings is 1. The second kappa shape index (κ2) is 6.65. The SMILES string of the molecule is COC(=O)c1cc(N2CCOCC2)c(C(F)F)cc1[N+](=O)[O-]. The van der Waals surface area contributed by atoms with Gasteiger partial charge < -0.3 is 14.4 Å². The molecule has 1 saturated heterocycles. The summed E-state index contributed by atoms with van der Waals surface area (Å²) in [5.41, 5.74) is -1.44.